The van der Waals surface area contributed by atoms with Crippen molar-refractivity contribution in [3.8, 4) is 0 Å². The molecule has 0 spiro atoms. The Kier molecular flexibility index (Phi) is 6.78. The predicted octanol–water partition coefficient (Wildman–Crippen LogP) is 2.07. The van der Waals surface area contributed by atoms with Crippen molar-refractivity contribution in [3.63, 3.8) is 0 Å². The number of sulfonamides is 1. The molecule has 2 aromatic rings. The molecule has 0 unspecified atom stereocenters. The third kappa shape index (κ3) is 5.51. The highest BCUT2D eigenvalue weighted by molar-refractivity contribution is 7.92. The van der Waals surface area contributed by atoms with Crippen molar-refractivity contribution < 1.29 is 27.5 Å². The fourth-order valence-electron chi connectivity index (χ4n) is 3.54. The molecule has 0 fully saturated rings. The summed E-state index contributed by atoms with van der Waals surface area (Å²) in [6.45, 7) is 5.53. The second-order valence-corrected chi connectivity index (χ2v) is 10.1. The maximum atomic E-state index is 12.9. The predicted molar refractivity (Wildman–Crippen MR) is 122 cm³/mol. The molecule has 3 rings (SSSR count). The molecule has 33 heavy (non-hydrogen) atoms. The van der Waals surface area contributed by atoms with E-state index in [2.05, 4.69) is 14.8 Å². The zero-order valence-corrected chi connectivity index (χ0v) is 19.8. The van der Waals surface area contributed by atoms with Gasteiger partial charge in [0.2, 0.25) is 5.91 Å². The topological polar surface area (TPSA) is 122 Å². The summed E-state index contributed by atoms with van der Waals surface area (Å²) in [4.78, 5) is 37.6. The Morgan fingerprint density at radius 1 is 1.03 bits per heavy atom. The van der Waals surface area contributed by atoms with Gasteiger partial charge in [-0.2, -0.15) is 0 Å². The van der Waals surface area contributed by atoms with Crippen LogP contribution in [0.25, 0.3) is 0 Å². The lowest BCUT2D eigenvalue weighted by atomic mass is 10.00. The monoisotopic (exact) mass is 473 g/mol. The van der Waals surface area contributed by atoms with E-state index in [1.54, 1.807) is 23.1 Å². The van der Waals surface area contributed by atoms with Gasteiger partial charge < -0.3 is 15.0 Å². The number of nitrogens with zero attached hydrogens (tertiary/aromatic N) is 1. The van der Waals surface area contributed by atoms with E-state index in [1.807, 2.05) is 0 Å². The number of rotatable bonds is 6. The van der Waals surface area contributed by atoms with Gasteiger partial charge in [-0.05, 0) is 67.8 Å². The van der Waals surface area contributed by atoms with Gasteiger partial charge in [-0.1, -0.05) is 6.07 Å². The molecule has 2 amide bonds. The van der Waals surface area contributed by atoms with Gasteiger partial charge in [-0.3, -0.25) is 14.3 Å². The van der Waals surface area contributed by atoms with E-state index in [-0.39, 0.29) is 22.1 Å². The molecule has 2 N–H and O–H groups in total. The van der Waals surface area contributed by atoms with Crippen LogP contribution in [0.2, 0.25) is 0 Å². The summed E-state index contributed by atoms with van der Waals surface area (Å²) >= 11 is 0. The Balaban J connectivity index is 1.73. The number of carbonyl (C=O) groups excluding carboxylic acids is 3. The van der Waals surface area contributed by atoms with Gasteiger partial charge >= 0.3 is 5.97 Å². The zero-order chi connectivity index (χ0) is 24.4. The van der Waals surface area contributed by atoms with E-state index in [0.29, 0.717) is 19.5 Å². The molecule has 0 saturated carbocycles. The zero-order valence-electron chi connectivity index (χ0n) is 19.0. The summed E-state index contributed by atoms with van der Waals surface area (Å²) < 4.78 is 33.0. The van der Waals surface area contributed by atoms with Crippen molar-refractivity contribution in [1.29, 1.82) is 0 Å². The molecule has 10 heteroatoms. The number of ether oxygens (including phenoxy) is 1. The van der Waals surface area contributed by atoms with Crippen molar-refractivity contribution in [2.24, 2.45) is 0 Å². The summed E-state index contributed by atoms with van der Waals surface area (Å²) in [5.74, 6) is -1.13. The van der Waals surface area contributed by atoms with Crippen molar-refractivity contribution >= 4 is 33.5 Å². The van der Waals surface area contributed by atoms with Crippen LogP contribution >= 0.6 is 0 Å². The number of fused-ring (bicyclic) bond motifs is 1. The summed E-state index contributed by atoms with van der Waals surface area (Å²) in [5.41, 5.74) is 1.16. The lowest BCUT2D eigenvalue weighted by Crippen LogP contribution is -2.50. The molecule has 1 heterocycles. The molecule has 176 valence electrons. The first-order chi connectivity index (χ1) is 15.4. The quantitative estimate of drug-likeness (QED) is 0.620. The summed E-state index contributed by atoms with van der Waals surface area (Å²) in [5, 5.41) is 2.58. The van der Waals surface area contributed by atoms with Crippen molar-refractivity contribution in [3.05, 3.63) is 59.2 Å². The lowest BCUT2D eigenvalue weighted by molar-refractivity contribution is -0.146. The largest absolute Gasteiger partial charge is 0.467 e. The number of hydrogen-bond acceptors (Lipinski definition) is 6. The Hall–Kier alpha value is -3.40. The van der Waals surface area contributed by atoms with E-state index in [1.165, 1.54) is 52.1 Å². The van der Waals surface area contributed by atoms with E-state index in [0.717, 1.165) is 11.1 Å². The Morgan fingerprint density at radius 2 is 1.70 bits per heavy atom. The number of hydrogen-bond donors (Lipinski definition) is 2. The smallest absolute Gasteiger partial charge is 0.330 e. The average Bonchev–Trinajstić information content (AvgIpc) is 2.77. The molecular weight excluding hydrogens is 446 g/mol. The van der Waals surface area contributed by atoms with Crippen molar-refractivity contribution in [2.45, 2.75) is 44.2 Å². The van der Waals surface area contributed by atoms with Crippen LogP contribution in [0.15, 0.2) is 47.4 Å². The van der Waals surface area contributed by atoms with Gasteiger partial charge in [0.15, 0.2) is 0 Å². The van der Waals surface area contributed by atoms with Crippen LogP contribution in [-0.4, -0.2) is 50.3 Å². The molecule has 0 radical (unpaired) electrons. The van der Waals surface area contributed by atoms with Gasteiger partial charge in [0.25, 0.3) is 15.9 Å². The van der Waals surface area contributed by atoms with Crippen LogP contribution in [-0.2, 0) is 37.3 Å². The van der Waals surface area contributed by atoms with Crippen molar-refractivity contribution in [1.82, 2.24) is 10.2 Å². The highest BCUT2D eigenvalue weighted by Crippen LogP contribution is 2.24. The standard InChI is InChI=1S/C23H27N3O6S/c1-15(27)26-12-11-16-7-10-20(13-18(16)14-26)33(30,31)25-19-8-5-17(6-9-19)21(28)24-23(2,3)22(29)32-4/h5-10,13,25H,11-12,14H2,1-4H3,(H,24,28). The first-order valence-electron chi connectivity index (χ1n) is 10.3. The first-order valence-corrected chi connectivity index (χ1v) is 11.8. The van der Waals surface area contributed by atoms with E-state index >= 15 is 0 Å². The van der Waals surface area contributed by atoms with Gasteiger partial charge in [0, 0.05) is 31.3 Å². The molecule has 1 aliphatic rings. The summed E-state index contributed by atoms with van der Waals surface area (Å²) in [6, 6.07) is 10.7. The van der Waals surface area contributed by atoms with Crippen LogP contribution in [0.5, 0.6) is 0 Å². The second kappa shape index (κ2) is 9.22. The number of anilines is 1. The van der Waals surface area contributed by atoms with E-state index < -0.39 is 27.4 Å². The van der Waals surface area contributed by atoms with E-state index in [9.17, 15) is 22.8 Å². The minimum Gasteiger partial charge on any atom is -0.467 e. The normalized spacial score (nSPS) is 13.6. The molecular formula is C23H27N3O6S. The van der Waals surface area contributed by atoms with Crippen LogP contribution < -0.4 is 10.0 Å². The first kappa shape index (κ1) is 24.2. The Labute approximate surface area is 193 Å². The number of benzene rings is 2. The highest BCUT2D eigenvalue weighted by Gasteiger charge is 2.30. The van der Waals surface area contributed by atoms with Gasteiger partial charge in [-0.15, -0.1) is 0 Å². The Morgan fingerprint density at radius 3 is 2.30 bits per heavy atom. The SMILES string of the molecule is COC(=O)C(C)(C)NC(=O)c1ccc(NS(=O)(=O)c2ccc3c(c2)CN(C(C)=O)CC3)cc1. The van der Waals surface area contributed by atoms with Gasteiger partial charge in [0.05, 0.1) is 12.0 Å². The fraction of sp³-hybridized carbons (Fsp3) is 0.348. The summed E-state index contributed by atoms with van der Waals surface area (Å²) in [6.07, 6.45) is 0.680. The maximum absolute atomic E-state index is 12.9. The fourth-order valence-corrected chi connectivity index (χ4v) is 4.64. The summed E-state index contributed by atoms with van der Waals surface area (Å²) in [7, 11) is -2.64. The van der Waals surface area contributed by atoms with Crippen LogP contribution in [0.1, 0.15) is 42.3 Å². The molecule has 0 aliphatic carbocycles. The lowest BCUT2D eigenvalue weighted by Gasteiger charge is -2.28. The molecule has 0 saturated heterocycles. The number of methoxy groups -OCH3 is 1. The maximum Gasteiger partial charge on any atom is 0.330 e. The Bertz CT molecular complexity index is 1190. The molecule has 0 aromatic heterocycles. The third-order valence-electron chi connectivity index (χ3n) is 5.47. The average molecular weight is 474 g/mol. The minimum atomic E-state index is -3.88. The molecule has 1 aliphatic heterocycles. The highest BCUT2D eigenvalue weighted by atomic mass is 32.2. The number of esters is 1. The van der Waals surface area contributed by atoms with Crippen molar-refractivity contribution in [2.75, 3.05) is 18.4 Å². The van der Waals surface area contributed by atoms with E-state index in [4.69, 9.17) is 0 Å². The van der Waals surface area contributed by atoms with Crippen LogP contribution in [0.3, 0.4) is 0 Å². The number of amides is 2. The van der Waals surface area contributed by atoms with Gasteiger partial charge in [0.1, 0.15) is 5.54 Å². The van der Waals surface area contributed by atoms with Crippen LogP contribution in [0, 0.1) is 0 Å². The van der Waals surface area contributed by atoms with Gasteiger partial charge in [-0.25, -0.2) is 13.2 Å². The molecule has 0 bridgehead atoms. The molecule has 2 aromatic carbocycles. The molecule has 0 atom stereocenters. The van der Waals surface area contributed by atoms with Crippen LogP contribution in [0.4, 0.5) is 5.69 Å². The second-order valence-electron chi connectivity index (χ2n) is 8.37. The molecule has 9 nitrogen and oxygen atoms in total. The number of carbonyl (C=O) groups is 3. The third-order valence-corrected chi connectivity index (χ3v) is 6.85. The number of nitrogens with one attached hydrogen (secondary N) is 2. The minimum absolute atomic E-state index is 0.0499.